The molecule has 0 saturated heterocycles. The van der Waals surface area contributed by atoms with Gasteiger partial charge in [0.15, 0.2) is 5.43 Å². The maximum atomic E-state index is 13.0. The fourth-order valence-electron chi connectivity index (χ4n) is 3.51. The van der Waals surface area contributed by atoms with Crippen LogP contribution in [0, 0.1) is 13.8 Å². The predicted molar refractivity (Wildman–Crippen MR) is 121 cm³/mol. The van der Waals surface area contributed by atoms with E-state index in [0.717, 1.165) is 10.5 Å². The maximum Gasteiger partial charge on any atom is 0.343 e. The van der Waals surface area contributed by atoms with Gasteiger partial charge >= 0.3 is 5.97 Å². The zero-order valence-electron chi connectivity index (χ0n) is 16.9. The van der Waals surface area contributed by atoms with E-state index in [0.29, 0.717) is 39.2 Å². The quantitative estimate of drug-likeness (QED) is 0.301. The lowest BCUT2D eigenvalue weighted by Gasteiger charge is -2.06. The molecule has 4 rings (SSSR count). The zero-order valence-corrected chi connectivity index (χ0v) is 17.7. The van der Waals surface area contributed by atoms with Gasteiger partial charge in [-0.2, -0.15) is 0 Å². The van der Waals surface area contributed by atoms with Gasteiger partial charge in [0.2, 0.25) is 0 Å². The van der Waals surface area contributed by atoms with Crippen LogP contribution in [0.4, 0.5) is 0 Å². The van der Waals surface area contributed by atoms with Crippen molar-refractivity contribution >= 4 is 28.5 Å². The van der Waals surface area contributed by atoms with E-state index < -0.39 is 5.97 Å². The molecule has 0 aliphatic carbocycles. The van der Waals surface area contributed by atoms with E-state index in [4.69, 9.17) is 9.15 Å². The summed E-state index contributed by atoms with van der Waals surface area (Å²) in [5.41, 5.74) is 1.80. The number of rotatable bonds is 4. The highest BCUT2D eigenvalue weighted by molar-refractivity contribution is 7.98. The van der Waals surface area contributed by atoms with Crippen LogP contribution in [0.1, 0.15) is 21.9 Å². The third-order valence-corrected chi connectivity index (χ3v) is 5.71. The fourth-order valence-corrected chi connectivity index (χ4v) is 3.92. The van der Waals surface area contributed by atoms with Gasteiger partial charge in [-0.1, -0.05) is 30.3 Å². The second kappa shape index (κ2) is 8.20. The Morgan fingerprint density at radius 3 is 2.20 bits per heavy atom. The largest absolute Gasteiger partial charge is 0.465 e. The minimum atomic E-state index is -0.488. The van der Waals surface area contributed by atoms with Crippen molar-refractivity contribution in [1.29, 1.82) is 0 Å². The lowest BCUT2D eigenvalue weighted by molar-refractivity contribution is 0.0737. The minimum absolute atomic E-state index is 0.176. The van der Waals surface area contributed by atoms with Crippen LogP contribution in [0.3, 0.4) is 0 Å². The number of carbonyl (C=O) groups excluding carboxylic acids is 1. The van der Waals surface area contributed by atoms with Crippen LogP contribution in [0.25, 0.3) is 21.9 Å². The SMILES string of the molecule is CSc1ccc(-c2cc(OC(=O)c3ccccc3)c3c(C)oc(C)c3c(=O)c2)cc1. The van der Waals surface area contributed by atoms with Crippen molar-refractivity contribution in [3.05, 3.63) is 94.0 Å². The number of hydrogen-bond acceptors (Lipinski definition) is 5. The zero-order chi connectivity index (χ0) is 21.3. The highest BCUT2D eigenvalue weighted by atomic mass is 32.2. The summed E-state index contributed by atoms with van der Waals surface area (Å²) < 4.78 is 11.5. The minimum Gasteiger partial charge on any atom is -0.465 e. The molecule has 4 nitrogen and oxygen atoms in total. The average molecular weight is 416 g/mol. The molecule has 1 aromatic heterocycles. The topological polar surface area (TPSA) is 56.5 Å². The van der Waals surface area contributed by atoms with Crippen LogP contribution >= 0.6 is 11.8 Å². The lowest BCUT2D eigenvalue weighted by atomic mass is 10.1. The van der Waals surface area contributed by atoms with Crippen LogP contribution in [0.15, 0.2) is 80.8 Å². The summed E-state index contributed by atoms with van der Waals surface area (Å²) in [7, 11) is 0. The highest BCUT2D eigenvalue weighted by Crippen LogP contribution is 2.34. The summed E-state index contributed by atoms with van der Waals surface area (Å²) in [5.74, 6) is 0.858. The number of thioether (sulfide) groups is 1. The lowest BCUT2D eigenvalue weighted by Crippen LogP contribution is -2.08. The van der Waals surface area contributed by atoms with Gasteiger partial charge in [-0.05, 0) is 67.6 Å². The van der Waals surface area contributed by atoms with Gasteiger partial charge in [0.05, 0.1) is 16.3 Å². The number of esters is 1. The molecule has 0 aliphatic rings. The molecular formula is C25H20O4S. The molecule has 0 atom stereocenters. The Balaban J connectivity index is 1.93. The number of aryl methyl sites for hydroxylation is 2. The Kier molecular flexibility index (Phi) is 5.46. The first-order chi connectivity index (χ1) is 14.5. The molecule has 150 valence electrons. The van der Waals surface area contributed by atoms with Crippen LogP contribution in [0.5, 0.6) is 5.75 Å². The monoisotopic (exact) mass is 416 g/mol. The smallest absolute Gasteiger partial charge is 0.343 e. The summed E-state index contributed by atoms with van der Waals surface area (Å²) in [6.45, 7) is 3.51. The van der Waals surface area contributed by atoms with Crippen molar-refractivity contribution in [3.63, 3.8) is 0 Å². The van der Waals surface area contributed by atoms with E-state index in [1.165, 1.54) is 0 Å². The Morgan fingerprint density at radius 2 is 1.53 bits per heavy atom. The third-order valence-electron chi connectivity index (χ3n) is 4.96. The van der Waals surface area contributed by atoms with Crippen molar-refractivity contribution in [3.8, 4) is 16.9 Å². The summed E-state index contributed by atoms with van der Waals surface area (Å²) >= 11 is 1.65. The summed E-state index contributed by atoms with van der Waals surface area (Å²) in [5, 5.41) is 0.948. The molecular weight excluding hydrogens is 396 g/mol. The Hall–Kier alpha value is -3.31. The molecule has 0 amide bonds. The van der Waals surface area contributed by atoms with Gasteiger partial charge in [0.25, 0.3) is 0 Å². The molecule has 0 fully saturated rings. The van der Waals surface area contributed by atoms with Gasteiger partial charge in [-0.25, -0.2) is 4.79 Å². The molecule has 0 unspecified atom stereocenters. The molecule has 3 aromatic carbocycles. The summed E-state index contributed by atoms with van der Waals surface area (Å²) in [6.07, 6.45) is 2.01. The van der Waals surface area contributed by atoms with Crippen molar-refractivity contribution in [2.75, 3.05) is 6.26 Å². The van der Waals surface area contributed by atoms with Crippen molar-refractivity contribution in [2.45, 2.75) is 18.7 Å². The molecule has 4 aromatic rings. The molecule has 5 heteroatoms. The molecule has 0 saturated carbocycles. The van der Waals surface area contributed by atoms with Gasteiger partial charge in [0, 0.05) is 4.90 Å². The third kappa shape index (κ3) is 3.76. The van der Waals surface area contributed by atoms with E-state index in [-0.39, 0.29) is 5.43 Å². The number of ether oxygens (including phenoxy) is 1. The highest BCUT2D eigenvalue weighted by Gasteiger charge is 2.19. The van der Waals surface area contributed by atoms with Crippen molar-refractivity contribution < 1.29 is 13.9 Å². The van der Waals surface area contributed by atoms with Crippen molar-refractivity contribution in [1.82, 2.24) is 0 Å². The van der Waals surface area contributed by atoms with Crippen LogP contribution in [-0.4, -0.2) is 12.2 Å². The number of fused-ring (bicyclic) bond motifs is 1. The summed E-state index contributed by atoms with van der Waals surface area (Å²) in [6, 6.07) is 20.0. The van der Waals surface area contributed by atoms with E-state index in [9.17, 15) is 9.59 Å². The van der Waals surface area contributed by atoms with Crippen LogP contribution in [0.2, 0.25) is 0 Å². The number of hydrogen-bond donors (Lipinski definition) is 0. The van der Waals surface area contributed by atoms with Gasteiger partial charge in [-0.15, -0.1) is 11.8 Å². The van der Waals surface area contributed by atoms with E-state index in [2.05, 4.69) is 0 Å². The fraction of sp³-hybridized carbons (Fsp3) is 0.120. The first kappa shape index (κ1) is 20.0. The van der Waals surface area contributed by atoms with E-state index in [1.807, 2.05) is 36.6 Å². The molecule has 30 heavy (non-hydrogen) atoms. The Labute approximate surface area is 178 Å². The standard InChI is InChI=1S/C25H20O4S/c1-15-23-21(26)13-19(17-9-11-20(30-3)12-10-17)14-22(24(23)16(2)28-15)29-25(27)18-7-5-4-6-8-18/h4-14H,1-3H3. The second-order valence-corrected chi connectivity index (χ2v) is 7.80. The van der Waals surface area contributed by atoms with E-state index in [1.54, 1.807) is 62.0 Å². The molecule has 1 heterocycles. The van der Waals surface area contributed by atoms with Gasteiger partial charge < -0.3 is 9.15 Å². The van der Waals surface area contributed by atoms with E-state index >= 15 is 0 Å². The summed E-state index contributed by atoms with van der Waals surface area (Å²) in [4.78, 5) is 26.9. The Bertz CT molecular complexity index is 1290. The predicted octanol–water partition coefficient (Wildman–Crippen LogP) is 6.02. The first-order valence-corrected chi connectivity index (χ1v) is 10.7. The van der Waals surface area contributed by atoms with Gasteiger partial charge in [0.1, 0.15) is 17.3 Å². The first-order valence-electron chi connectivity index (χ1n) is 9.47. The number of benzene rings is 2. The average Bonchev–Trinajstić information content (AvgIpc) is 2.97. The normalized spacial score (nSPS) is 10.9. The number of furan rings is 1. The van der Waals surface area contributed by atoms with Crippen LogP contribution < -0.4 is 10.2 Å². The Morgan fingerprint density at radius 1 is 0.867 bits per heavy atom. The van der Waals surface area contributed by atoms with Gasteiger partial charge in [-0.3, -0.25) is 4.79 Å². The molecule has 0 aliphatic heterocycles. The number of carbonyl (C=O) groups is 1. The molecule has 0 radical (unpaired) electrons. The molecule has 0 N–H and O–H groups in total. The second-order valence-electron chi connectivity index (χ2n) is 6.92. The molecule has 0 spiro atoms. The molecule has 0 bridgehead atoms. The van der Waals surface area contributed by atoms with Crippen LogP contribution in [-0.2, 0) is 0 Å². The van der Waals surface area contributed by atoms with Crippen molar-refractivity contribution in [2.24, 2.45) is 0 Å². The maximum absolute atomic E-state index is 13.0.